The van der Waals surface area contributed by atoms with E-state index in [4.69, 9.17) is 0 Å². The number of rotatable bonds is 4. The van der Waals surface area contributed by atoms with Gasteiger partial charge in [-0.15, -0.1) is 11.8 Å². The second-order valence-electron chi connectivity index (χ2n) is 4.58. The molecule has 0 aliphatic heterocycles. The summed E-state index contributed by atoms with van der Waals surface area (Å²) in [6, 6.07) is 12.0. The largest absolute Gasteiger partial charge is 0.298 e. The Morgan fingerprint density at radius 2 is 2.09 bits per heavy atom. The summed E-state index contributed by atoms with van der Waals surface area (Å²) in [6.07, 6.45) is 1.84. The number of anilines is 1. The smallest absolute Gasteiger partial charge is 0.282 e. The van der Waals surface area contributed by atoms with Crippen molar-refractivity contribution in [3.63, 3.8) is 0 Å². The topological polar surface area (TPSA) is 85.1 Å². The predicted molar refractivity (Wildman–Crippen MR) is 92.5 cm³/mol. The average Bonchev–Trinajstić information content (AvgIpc) is 2.96. The fourth-order valence-electron chi connectivity index (χ4n) is 2.07. The molecule has 1 heterocycles. The van der Waals surface area contributed by atoms with Gasteiger partial charge in [0.25, 0.3) is 11.6 Å². The lowest BCUT2D eigenvalue weighted by Crippen LogP contribution is -2.14. The van der Waals surface area contributed by atoms with Crippen molar-refractivity contribution < 1.29 is 9.72 Å². The van der Waals surface area contributed by atoms with E-state index in [1.807, 2.05) is 30.5 Å². The quantitative estimate of drug-likeness (QED) is 0.435. The van der Waals surface area contributed by atoms with Crippen LogP contribution in [0.4, 0.5) is 10.8 Å². The predicted octanol–water partition coefficient (Wildman–Crippen LogP) is 4.18. The Morgan fingerprint density at radius 3 is 2.78 bits per heavy atom. The van der Waals surface area contributed by atoms with Crippen molar-refractivity contribution >= 4 is 50.0 Å². The molecule has 0 saturated heterocycles. The van der Waals surface area contributed by atoms with Crippen LogP contribution in [0.5, 0.6) is 0 Å². The molecule has 6 nitrogen and oxygen atoms in total. The van der Waals surface area contributed by atoms with E-state index in [0.29, 0.717) is 5.13 Å². The number of hydrogen-bond donors (Lipinski definition) is 1. The third kappa shape index (κ3) is 3.17. The number of aromatic nitrogens is 1. The Morgan fingerprint density at radius 1 is 1.30 bits per heavy atom. The number of fused-ring (bicyclic) bond motifs is 1. The van der Waals surface area contributed by atoms with Gasteiger partial charge in [-0.25, -0.2) is 4.98 Å². The number of carbonyl (C=O) groups excluding carboxylic acids is 1. The maximum Gasteiger partial charge on any atom is 0.282 e. The highest BCUT2D eigenvalue weighted by atomic mass is 32.2. The molecule has 0 bridgehead atoms. The molecule has 3 aromatic rings. The van der Waals surface area contributed by atoms with E-state index in [2.05, 4.69) is 10.3 Å². The molecule has 3 rings (SSSR count). The SMILES string of the molecule is CSc1ccc([N+](=O)[O-])c(C(=O)Nc2nc3ccccc3s2)c1. The number of para-hydroxylation sites is 1. The Hall–Kier alpha value is -2.45. The molecule has 0 fully saturated rings. The van der Waals surface area contributed by atoms with Crippen molar-refractivity contribution in [3.05, 3.63) is 58.1 Å². The van der Waals surface area contributed by atoms with Crippen molar-refractivity contribution in [3.8, 4) is 0 Å². The van der Waals surface area contributed by atoms with Crippen molar-refractivity contribution in [1.29, 1.82) is 0 Å². The van der Waals surface area contributed by atoms with Crippen LogP contribution < -0.4 is 5.32 Å². The molecule has 8 heteroatoms. The Balaban J connectivity index is 1.94. The number of hydrogen-bond acceptors (Lipinski definition) is 6. The summed E-state index contributed by atoms with van der Waals surface area (Å²) < 4.78 is 0.940. The lowest BCUT2D eigenvalue weighted by molar-refractivity contribution is -0.385. The first kappa shape index (κ1) is 15.4. The van der Waals surface area contributed by atoms with E-state index in [1.165, 1.54) is 35.2 Å². The van der Waals surface area contributed by atoms with Gasteiger partial charge in [-0.3, -0.25) is 20.2 Å². The summed E-state index contributed by atoms with van der Waals surface area (Å²) in [7, 11) is 0. The second kappa shape index (κ2) is 6.35. The molecule has 116 valence electrons. The summed E-state index contributed by atoms with van der Waals surface area (Å²) in [6.45, 7) is 0. The fourth-order valence-corrected chi connectivity index (χ4v) is 3.37. The molecule has 0 radical (unpaired) electrons. The van der Waals surface area contributed by atoms with Gasteiger partial charge in [0.2, 0.25) is 0 Å². The van der Waals surface area contributed by atoms with E-state index >= 15 is 0 Å². The van der Waals surface area contributed by atoms with Gasteiger partial charge in [0.1, 0.15) is 5.56 Å². The molecule has 2 aromatic carbocycles. The average molecular weight is 345 g/mol. The van der Waals surface area contributed by atoms with Crippen LogP contribution in [0.3, 0.4) is 0 Å². The number of nitrogens with one attached hydrogen (secondary N) is 1. The number of thioether (sulfide) groups is 1. The summed E-state index contributed by atoms with van der Waals surface area (Å²) in [4.78, 5) is 28.1. The van der Waals surface area contributed by atoms with Crippen molar-refractivity contribution in [1.82, 2.24) is 4.98 Å². The van der Waals surface area contributed by atoms with Crippen LogP contribution in [0, 0.1) is 10.1 Å². The molecular formula is C15H11N3O3S2. The molecule has 0 aliphatic rings. The standard InChI is InChI=1S/C15H11N3O3S2/c1-22-9-6-7-12(18(20)21)10(8-9)14(19)17-15-16-11-4-2-3-5-13(11)23-15/h2-8H,1H3,(H,16,17,19). The lowest BCUT2D eigenvalue weighted by atomic mass is 10.1. The van der Waals surface area contributed by atoms with E-state index in [-0.39, 0.29) is 11.3 Å². The summed E-state index contributed by atoms with van der Waals surface area (Å²) >= 11 is 2.74. The van der Waals surface area contributed by atoms with Crippen LogP contribution in [0.2, 0.25) is 0 Å². The molecular weight excluding hydrogens is 334 g/mol. The molecule has 0 saturated carbocycles. The van der Waals surface area contributed by atoms with Crippen LogP contribution in [-0.2, 0) is 0 Å². The van der Waals surface area contributed by atoms with Gasteiger partial charge in [-0.05, 0) is 30.5 Å². The maximum atomic E-state index is 12.4. The van der Waals surface area contributed by atoms with Crippen LogP contribution in [0.15, 0.2) is 47.4 Å². The Bertz CT molecular complexity index is 875. The number of amides is 1. The van der Waals surface area contributed by atoms with Gasteiger partial charge in [0, 0.05) is 11.0 Å². The lowest BCUT2D eigenvalue weighted by Gasteiger charge is -2.04. The zero-order valence-corrected chi connectivity index (χ0v) is 13.6. The molecule has 1 aromatic heterocycles. The number of thiazole rings is 1. The van der Waals surface area contributed by atoms with Crippen LogP contribution in [0.1, 0.15) is 10.4 Å². The van der Waals surface area contributed by atoms with Gasteiger partial charge < -0.3 is 0 Å². The van der Waals surface area contributed by atoms with E-state index < -0.39 is 10.8 Å². The molecule has 1 N–H and O–H groups in total. The molecule has 0 spiro atoms. The van der Waals surface area contributed by atoms with E-state index in [9.17, 15) is 14.9 Å². The molecule has 23 heavy (non-hydrogen) atoms. The highest BCUT2D eigenvalue weighted by Gasteiger charge is 2.21. The number of nitro benzene ring substituents is 1. The van der Waals surface area contributed by atoms with Gasteiger partial charge in [-0.1, -0.05) is 23.5 Å². The van der Waals surface area contributed by atoms with Gasteiger partial charge in [-0.2, -0.15) is 0 Å². The third-order valence-electron chi connectivity index (χ3n) is 3.16. The Kier molecular flexibility index (Phi) is 4.26. The van der Waals surface area contributed by atoms with Gasteiger partial charge in [0.05, 0.1) is 15.1 Å². The third-order valence-corrected chi connectivity index (χ3v) is 4.84. The number of benzene rings is 2. The molecule has 0 unspecified atom stereocenters. The first-order valence-electron chi connectivity index (χ1n) is 6.58. The molecule has 0 aliphatic carbocycles. The number of nitro groups is 1. The monoisotopic (exact) mass is 345 g/mol. The van der Waals surface area contributed by atoms with Crippen LogP contribution in [-0.4, -0.2) is 22.1 Å². The summed E-state index contributed by atoms with van der Waals surface area (Å²) in [5, 5.41) is 14.2. The zero-order valence-electron chi connectivity index (χ0n) is 12.0. The first-order chi connectivity index (χ1) is 11.1. The summed E-state index contributed by atoms with van der Waals surface area (Å²) in [5.74, 6) is -0.536. The van der Waals surface area contributed by atoms with Crippen LogP contribution >= 0.6 is 23.1 Å². The Labute approximate surface area is 139 Å². The second-order valence-corrected chi connectivity index (χ2v) is 6.49. The first-order valence-corrected chi connectivity index (χ1v) is 8.62. The highest BCUT2D eigenvalue weighted by Crippen LogP contribution is 2.28. The minimum absolute atomic E-state index is 0.0288. The van der Waals surface area contributed by atoms with Crippen molar-refractivity contribution in [2.75, 3.05) is 11.6 Å². The molecule has 1 amide bonds. The summed E-state index contributed by atoms with van der Waals surface area (Å²) in [5.41, 5.74) is 0.586. The maximum absolute atomic E-state index is 12.4. The highest BCUT2D eigenvalue weighted by molar-refractivity contribution is 7.98. The molecule has 0 atom stereocenters. The minimum atomic E-state index is -0.558. The number of carbonyl (C=O) groups is 1. The fraction of sp³-hybridized carbons (Fsp3) is 0.0667. The minimum Gasteiger partial charge on any atom is -0.298 e. The van der Waals surface area contributed by atoms with E-state index in [1.54, 1.807) is 6.07 Å². The van der Waals surface area contributed by atoms with E-state index in [0.717, 1.165) is 15.1 Å². The van der Waals surface area contributed by atoms with Gasteiger partial charge in [0.15, 0.2) is 5.13 Å². The normalized spacial score (nSPS) is 10.7. The van der Waals surface area contributed by atoms with Gasteiger partial charge >= 0.3 is 0 Å². The van der Waals surface area contributed by atoms with Crippen molar-refractivity contribution in [2.45, 2.75) is 4.90 Å². The number of nitrogens with zero attached hydrogens (tertiary/aromatic N) is 2. The van der Waals surface area contributed by atoms with Crippen molar-refractivity contribution in [2.24, 2.45) is 0 Å². The zero-order chi connectivity index (χ0) is 16.4. The van der Waals surface area contributed by atoms with Crippen LogP contribution in [0.25, 0.3) is 10.2 Å².